The van der Waals surface area contributed by atoms with E-state index in [1.54, 1.807) is 18.2 Å². The van der Waals surface area contributed by atoms with Crippen LogP contribution in [-0.4, -0.2) is 30.7 Å². The van der Waals surface area contributed by atoms with E-state index in [-0.39, 0.29) is 11.4 Å². The molecular formula is C24H20F3N3O5S. The number of halogens is 3. The lowest BCUT2D eigenvalue weighted by atomic mass is 10.0. The van der Waals surface area contributed by atoms with Gasteiger partial charge in [-0.25, -0.2) is 14.2 Å². The Morgan fingerprint density at radius 2 is 1.78 bits per heavy atom. The Kier molecular flexibility index (Phi) is 6.25. The molecule has 1 N–H and O–H groups in total. The van der Waals surface area contributed by atoms with Crippen molar-refractivity contribution in [3.05, 3.63) is 74.1 Å². The Morgan fingerprint density at radius 1 is 1.11 bits per heavy atom. The summed E-state index contributed by atoms with van der Waals surface area (Å²) in [5.74, 6) is -0.865. The zero-order chi connectivity index (χ0) is 26.5. The molecule has 0 amide bonds. The summed E-state index contributed by atoms with van der Waals surface area (Å²) in [6, 6.07) is 8.42. The molecule has 0 spiro atoms. The molecule has 0 aliphatic carbocycles. The maximum atomic E-state index is 13.2. The van der Waals surface area contributed by atoms with Gasteiger partial charge in [0.05, 0.1) is 16.1 Å². The highest BCUT2D eigenvalue weighted by molar-refractivity contribution is 7.13. The van der Waals surface area contributed by atoms with Crippen LogP contribution in [0.1, 0.15) is 23.7 Å². The number of fused-ring (bicyclic) bond motifs is 1. The molecule has 2 heterocycles. The van der Waals surface area contributed by atoms with E-state index in [0.717, 1.165) is 29.7 Å². The highest BCUT2D eigenvalue weighted by Crippen LogP contribution is 2.39. The van der Waals surface area contributed by atoms with Gasteiger partial charge in [0.2, 0.25) is 0 Å². The Morgan fingerprint density at radius 3 is 2.42 bits per heavy atom. The molecule has 4 aromatic rings. The third kappa shape index (κ3) is 4.39. The van der Waals surface area contributed by atoms with Gasteiger partial charge in [-0.05, 0) is 73.8 Å². The number of carboxylic acid groups (broad SMARTS) is 1. The number of alkyl halides is 3. The van der Waals surface area contributed by atoms with E-state index < -0.39 is 35.2 Å². The van der Waals surface area contributed by atoms with Crippen molar-refractivity contribution in [1.82, 2.24) is 13.5 Å². The van der Waals surface area contributed by atoms with Crippen molar-refractivity contribution in [2.45, 2.75) is 33.1 Å². The van der Waals surface area contributed by atoms with E-state index in [2.05, 4.69) is 4.37 Å². The van der Waals surface area contributed by atoms with E-state index in [0.29, 0.717) is 36.5 Å². The Balaban J connectivity index is 1.93. The summed E-state index contributed by atoms with van der Waals surface area (Å²) in [6.45, 7) is 5.11. The Labute approximate surface area is 206 Å². The minimum atomic E-state index is -4.87. The summed E-state index contributed by atoms with van der Waals surface area (Å²) in [5.41, 5.74) is -0.876. The Hall–Kier alpha value is -3.93. The number of hydrogen-bond acceptors (Lipinski definition) is 6. The normalized spacial score (nSPS) is 12.6. The predicted octanol–water partition coefficient (Wildman–Crippen LogP) is 4.30. The van der Waals surface area contributed by atoms with Gasteiger partial charge in [-0.1, -0.05) is 0 Å². The van der Waals surface area contributed by atoms with E-state index in [1.807, 2.05) is 13.8 Å². The van der Waals surface area contributed by atoms with Crippen LogP contribution < -0.4 is 16.0 Å². The van der Waals surface area contributed by atoms with Gasteiger partial charge in [-0.15, -0.1) is 0 Å². The number of carboxylic acids is 1. The summed E-state index contributed by atoms with van der Waals surface area (Å²) >= 11 is 1.13. The number of aliphatic carboxylic acids is 1. The van der Waals surface area contributed by atoms with Crippen LogP contribution in [0.4, 0.5) is 13.2 Å². The number of nitrogens with zero attached hydrogens (tertiary/aromatic N) is 3. The third-order valence-corrected chi connectivity index (χ3v) is 6.65. The van der Waals surface area contributed by atoms with E-state index in [4.69, 9.17) is 4.74 Å². The summed E-state index contributed by atoms with van der Waals surface area (Å²) < 4.78 is 51.6. The predicted molar refractivity (Wildman–Crippen MR) is 128 cm³/mol. The summed E-state index contributed by atoms with van der Waals surface area (Å²) in [7, 11) is 0.944. The first kappa shape index (κ1) is 25.2. The second kappa shape index (κ2) is 8.94. The quantitative estimate of drug-likeness (QED) is 0.422. The van der Waals surface area contributed by atoms with Crippen molar-refractivity contribution in [3.8, 4) is 22.7 Å². The van der Waals surface area contributed by atoms with Crippen molar-refractivity contribution in [3.63, 3.8) is 0 Å². The minimum Gasteiger partial charge on any atom is -0.479 e. The second-order valence-corrected chi connectivity index (χ2v) is 9.09. The zero-order valence-corrected chi connectivity index (χ0v) is 20.3. The molecule has 0 aliphatic heterocycles. The molecule has 1 atom stereocenters. The second-order valence-electron chi connectivity index (χ2n) is 8.29. The third-order valence-electron chi connectivity index (χ3n) is 5.82. The topological polar surface area (TPSA) is 103 Å². The van der Waals surface area contributed by atoms with Crippen LogP contribution in [0.2, 0.25) is 0 Å². The van der Waals surface area contributed by atoms with Gasteiger partial charge in [0.25, 0.3) is 5.56 Å². The number of carbonyl (C=O) groups is 1. The fraction of sp³-hybridized carbons (Fsp3) is 0.250. The number of aromatic nitrogens is 3. The van der Waals surface area contributed by atoms with Crippen molar-refractivity contribution < 1.29 is 27.8 Å². The molecule has 0 fully saturated rings. The van der Waals surface area contributed by atoms with Crippen LogP contribution in [0.3, 0.4) is 0 Å². The van der Waals surface area contributed by atoms with Gasteiger partial charge in [-0.3, -0.25) is 9.36 Å². The summed E-state index contributed by atoms with van der Waals surface area (Å²) in [4.78, 5) is 36.7. The molecule has 12 heteroatoms. The molecule has 0 aliphatic rings. The van der Waals surface area contributed by atoms with Crippen LogP contribution in [0.25, 0.3) is 27.0 Å². The number of aryl methyl sites for hydroxylation is 2. The van der Waals surface area contributed by atoms with E-state index in [1.165, 1.54) is 19.1 Å². The largest absolute Gasteiger partial charge is 0.479 e. The molecule has 4 rings (SSSR count). The van der Waals surface area contributed by atoms with Crippen molar-refractivity contribution in [1.29, 1.82) is 0 Å². The highest BCUT2D eigenvalue weighted by Gasteiger charge is 2.35. The standard InChI is InChI=1S/C24H20F3N3O5S/c1-11-7-15(17(8-12(11)2)35-13(3)22(32)33)21-16-9-14(5-6-18(16)36-28-21)30-20(31)10-19(24(25,26)27)29(4)23(30)34/h5-10,13H,1-4H3,(H,32,33). The number of rotatable bonds is 5. The summed E-state index contributed by atoms with van der Waals surface area (Å²) in [6.07, 6.45) is -6.01. The smallest absolute Gasteiger partial charge is 0.431 e. The lowest BCUT2D eigenvalue weighted by Crippen LogP contribution is -2.40. The molecule has 0 bridgehead atoms. The molecule has 188 valence electrons. The van der Waals surface area contributed by atoms with Crippen molar-refractivity contribution in [2.24, 2.45) is 7.05 Å². The lowest BCUT2D eigenvalue weighted by molar-refractivity contribution is -0.144. The van der Waals surface area contributed by atoms with Crippen molar-refractivity contribution >= 4 is 27.6 Å². The van der Waals surface area contributed by atoms with Crippen LogP contribution in [0, 0.1) is 13.8 Å². The van der Waals surface area contributed by atoms with Gasteiger partial charge < -0.3 is 9.84 Å². The maximum absolute atomic E-state index is 13.2. The molecule has 0 saturated carbocycles. The van der Waals surface area contributed by atoms with Gasteiger partial charge in [0, 0.05) is 24.1 Å². The molecule has 0 radical (unpaired) electrons. The monoisotopic (exact) mass is 519 g/mol. The van der Waals surface area contributed by atoms with Crippen LogP contribution in [-0.2, 0) is 18.0 Å². The molecule has 36 heavy (non-hydrogen) atoms. The first-order valence-corrected chi connectivity index (χ1v) is 11.4. The number of benzene rings is 2. The Bertz CT molecular complexity index is 1640. The van der Waals surface area contributed by atoms with Gasteiger partial charge in [0.15, 0.2) is 6.10 Å². The van der Waals surface area contributed by atoms with Crippen LogP contribution in [0.15, 0.2) is 46.0 Å². The molecule has 2 aromatic heterocycles. The van der Waals surface area contributed by atoms with E-state index >= 15 is 0 Å². The van der Waals surface area contributed by atoms with Crippen molar-refractivity contribution in [2.75, 3.05) is 0 Å². The average Bonchev–Trinajstić information content (AvgIpc) is 3.21. The number of ether oxygens (including phenoxy) is 1. The fourth-order valence-corrected chi connectivity index (χ4v) is 4.48. The SMILES string of the molecule is Cc1cc(OC(C)C(=O)O)c(-c2nsc3ccc(-n4c(=O)cc(C(F)(F)F)n(C)c4=O)cc23)cc1C. The molecule has 1 unspecified atom stereocenters. The zero-order valence-electron chi connectivity index (χ0n) is 19.5. The summed E-state index contributed by atoms with van der Waals surface area (Å²) in [5, 5.41) is 9.81. The molecular weight excluding hydrogens is 499 g/mol. The lowest BCUT2D eigenvalue weighted by Gasteiger charge is -2.16. The number of hydrogen-bond donors (Lipinski definition) is 1. The van der Waals surface area contributed by atoms with Gasteiger partial charge in [0.1, 0.15) is 11.4 Å². The van der Waals surface area contributed by atoms with Crippen LogP contribution in [0.5, 0.6) is 5.75 Å². The molecule has 2 aromatic carbocycles. The van der Waals surface area contributed by atoms with Crippen LogP contribution >= 0.6 is 11.5 Å². The average molecular weight is 520 g/mol. The highest BCUT2D eigenvalue weighted by atomic mass is 32.1. The van der Waals surface area contributed by atoms with Gasteiger partial charge >= 0.3 is 17.8 Å². The van der Waals surface area contributed by atoms with E-state index in [9.17, 15) is 32.7 Å². The molecule has 8 nitrogen and oxygen atoms in total. The minimum absolute atomic E-state index is 0.0634. The van der Waals surface area contributed by atoms with Gasteiger partial charge in [-0.2, -0.15) is 17.5 Å². The first-order chi connectivity index (χ1) is 16.8. The first-order valence-electron chi connectivity index (χ1n) is 10.6. The maximum Gasteiger partial charge on any atom is 0.431 e. The molecule has 0 saturated heterocycles. The fourth-order valence-electron chi connectivity index (χ4n) is 3.71.